The molecule has 0 saturated heterocycles. The number of nitrogens with one attached hydrogen (secondary N) is 2. The van der Waals surface area contributed by atoms with Crippen LogP contribution in [0.1, 0.15) is 17.3 Å². The van der Waals surface area contributed by atoms with Crippen LogP contribution in [0.25, 0.3) is 0 Å². The Morgan fingerprint density at radius 3 is 2.15 bits per heavy atom. The second kappa shape index (κ2) is 8.07. The van der Waals surface area contributed by atoms with E-state index in [1.165, 1.54) is 43.3 Å². The monoisotopic (exact) mass is 384 g/mol. The van der Waals surface area contributed by atoms with Crippen LogP contribution in [0.15, 0.2) is 54.6 Å². The molecule has 9 heteroatoms. The van der Waals surface area contributed by atoms with E-state index in [1.807, 2.05) is 5.32 Å². The first-order chi connectivity index (χ1) is 12.7. The standard InChI is InChI=1S/C18H16F4N2O3/c1-2-27-16(26)17(18(20,21)22,23-12-8-4-3-5-9-12)24-15(25)13-10-6-7-11-14(13)19/h3-11,23H,2H2,1H3,(H,24,25). The second-order valence-corrected chi connectivity index (χ2v) is 5.39. The summed E-state index contributed by atoms with van der Waals surface area (Å²) in [5, 5.41) is 3.55. The van der Waals surface area contributed by atoms with Gasteiger partial charge in [0.25, 0.3) is 5.91 Å². The summed E-state index contributed by atoms with van der Waals surface area (Å²) in [6.07, 6.45) is -5.30. The molecule has 0 aliphatic heterocycles. The molecule has 144 valence electrons. The van der Waals surface area contributed by atoms with Crippen LogP contribution in [0.3, 0.4) is 0 Å². The molecule has 0 fully saturated rings. The number of carbonyl (C=O) groups excluding carboxylic acids is 2. The lowest BCUT2D eigenvalue weighted by Gasteiger charge is -2.35. The van der Waals surface area contributed by atoms with Gasteiger partial charge in [0.15, 0.2) is 0 Å². The lowest BCUT2D eigenvalue weighted by molar-refractivity contribution is -0.204. The molecule has 0 radical (unpaired) electrons. The molecular formula is C18H16F4N2O3. The van der Waals surface area contributed by atoms with Gasteiger partial charge in [0.1, 0.15) is 5.82 Å². The number of carbonyl (C=O) groups is 2. The van der Waals surface area contributed by atoms with Gasteiger partial charge in [0.2, 0.25) is 0 Å². The molecule has 0 aromatic heterocycles. The molecule has 0 spiro atoms. The number of hydrogen-bond donors (Lipinski definition) is 2. The highest BCUT2D eigenvalue weighted by molar-refractivity contribution is 5.99. The summed E-state index contributed by atoms with van der Waals surface area (Å²) in [4.78, 5) is 24.6. The molecule has 1 unspecified atom stereocenters. The van der Waals surface area contributed by atoms with Gasteiger partial charge in [-0.05, 0) is 31.2 Å². The predicted molar refractivity (Wildman–Crippen MR) is 89.3 cm³/mol. The number of rotatable bonds is 6. The minimum absolute atomic E-state index is 0.100. The van der Waals surface area contributed by atoms with Gasteiger partial charge >= 0.3 is 17.8 Å². The average molecular weight is 384 g/mol. The summed E-state index contributed by atoms with van der Waals surface area (Å²) in [6, 6.07) is 11.4. The summed E-state index contributed by atoms with van der Waals surface area (Å²) in [5.41, 5.74) is -4.36. The molecule has 2 N–H and O–H groups in total. The Hall–Kier alpha value is -3.10. The molecule has 2 aromatic rings. The second-order valence-electron chi connectivity index (χ2n) is 5.39. The maximum atomic E-state index is 13.9. The minimum atomic E-state index is -5.30. The first-order valence-electron chi connectivity index (χ1n) is 7.85. The van der Waals surface area contributed by atoms with E-state index >= 15 is 0 Å². The zero-order valence-electron chi connectivity index (χ0n) is 14.1. The van der Waals surface area contributed by atoms with Gasteiger partial charge in [0, 0.05) is 5.69 Å². The van der Waals surface area contributed by atoms with Crippen molar-refractivity contribution in [2.24, 2.45) is 0 Å². The van der Waals surface area contributed by atoms with Gasteiger partial charge < -0.3 is 15.4 Å². The van der Waals surface area contributed by atoms with E-state index in [0.29, 0.717) is 0 Å². The zero-order chi connectivity index (χ0) is 20.1. The molecule has 2 rings (SSSR count). The molecule has 1 amide bonds. The van der Waals surface area contributed by atoms with E-state index < -0.39 is 35.1 Å². The Labute approximate surface area is 152 Å². The first kappa shape index (κ1) is 20.2. The number of benzene rings is 2. The molecule has 2 aromatic carbocycles. The van der Waals surface area contributed by atoms with Gasteiger partial charge in [-0.3, -0.25) is 4.79 Å². The fourth-order valence-electron chi connectivity index (χ4n) is 2.25. The Bertz CT molecular complexity index is 812. The van der Waals surface area contributed by atoms with Gasteiger partial charge in [0.05, 0.1) is 12.2 Å². The third-order valence-corrected chi connectivity index (χ3v) is 3.53. The van der Waals surface area contributed by atoms with E-state index in [1.54, 1.807) is 11.4 Å². The molecular weight excluding hydrogens is 368 g/mol. The van der Waals surface area contributed by atoms with E-state index in [2.05, 4.69) is 4.74 Å². The summed E-state index contributed by atoms with van der Waals surface area (Å²) < 4.78 is 60.2. The third kappa shape index (κ3) is 4.36. The fraction of sp³-hybridized carbons (Fsp3) is 0.222. The molecule has 27 heavy (non-hydrogen) atoms. The van der Waals surface area contributed by atoms with Crippen LogP contribution in [0.4, 0.5) is 23.2 Å². The van der Waals surface area contributed by atoms with Crippen LogP contribution in [-0.2, 0) is 9.53 Å². The lowest BCUT2D eigenvalue weighted by atomic mass is 10.1. The topological polar surface area (TPSA) is 67.4 Å². The summed E-state index contributed by atoms with van der Waals surface area (Å²) in [7, 11) is 0. The van der Waals surface area contributed by atoms with Gasteiger partial charge in [-0.2, -0.15) is 13.2 Å². The lowest BCUT2D eigenvalue weighted by Crippen LogP contribution is -2.69. The van der Waals surface area contributed by atoms with Crippen molar-refractivity contribution in [3.05, 3.63) is 66.0 Å². The van der Waals surface area contributed by atoms with E-state index in [4.69, 9.17) is 0 Å². The van der Waals surface area contributed by atoms with Gasteiger partial charge in [-0.25, -0.2) is 9.18 Å². The maximum Gasteiger partial charge on any atom is 0.441 e. The summed E-state index contributed by atoms with van der Waals surface area (Å²) in [5.74, 6) is -4.23. The van der Waals surface area contributed by atoms with Crippen LogP contribution in [0.5, 0.6) is 0 Å². The number of anilines is 1. The highest BCUT2D eigenvalue weighted by Gasteiger charge is 2.63. The summed E-state index contributed by atoms with van der Waals surface area (Å²) >= 11 is 0. The molecule has 0 bridgehead atoms. The number of para-hydroxylation sites is 1. The number of esters is 1. The molecule has 5 nitrogen and oxygen atoms in total. The van der Waals surface area contributed by atoms with Crippen LogP contribution in [0, 0.1) is 5.82 Å². The average Bonchev–Trinajstić information content (AvgIpc) is 2.61. The van der Waals surface area contributed by atoms with Crippen LogP contribution in [0.2, 0.25) is 0 Å². The molecule has 0 saturated carbocycles. The molecule has 0 aliphatic carbocycles. The van der Waals surface area contributed by atoms with Crippen molar-refractivity contribution in [1.82, 2.24) is 5.32 Å². The number of hydrogen-bond acceptors (Lipinski definition) is 4. The minimum Gasteiger partial charge on any atom is -0.463 e. The Morgan fingerprint density at radius 2 is 1.59 bits per heavy atom. The van der Waals surface area contributed by atoms with Crippen molar-refractivity contribution in [2.45, 2.75) is 18.8 Å². The number of ether oxygens (including phenoxy) is 1. The van der Waals surface area contributed by atoms with Crippen molar-refractivity contribution in [2.75, 3.05) is 11.9 Å². The Morgan fingerprint density at radius 1 is 1.00 bits per heavy atom. The molecule has 1 atom stereocenters. The van der Waals surface area contributed by atoms with Crippen molar-refractivity contribution >= 4 is 17.6 Å². The first-order valence-corrected chi connectivity index (χ1v) is 7.85. The smallest absolute Gasteiger partial charge is 0.441 e. The van der Waals surface area contributed by atoms with Crippen molar-refractivity contribution in [3.8, 4) is 0 Å². The highest BCUT2D eigenvalue weighted by atomic mass is 19.4. The van der Waals surface area contributed by atoms with Crippen molar-refractivity contribution < 1.29 is 31.9 Å². The van der Waals surface area contributed by atoms with Crippen molar-refractivity contribution in [1.29, 1.82) is 0 Å². The van der Waals surface area contributed by atoms with E-state index in [9.17, 15) is 27.2 Å². The summed E-state index contributed by atoms with van der Waals surface area (Å²) in [6.45, 7) is 0.961. The zero-order valence-corrected chi connectivity index (χ0v) is 14.1. The SMILES string of the molecule is CCOC(=O)C(NC(=O)c1ccccc1F)(Nc1ccccc1)C(F)(F)F. The number of alkyl halides is 3. The van der Waals surface area contributed by atoms with Gasteiger partial charge in [-0.15, -0.1) is 0 Å². The van der Waals surface area contributed by atoms with Crippen LogP contribution in [-0.4, -0.2) is 30.3 Å². The normalized spacial score (nSPS) is 13.4. The quantitative estimate of drug-likeness (QED) is 0.455. The number of amides is 1. The van der Waals surface area contributed by atoms with E-state index in [-0.39, 0.29) is 12.3 Å². The maximum absolute atomic E-state index is 13.9. The Balaban J connectivity index is 2.51. The Kier molecular flexibility index (Phi) is 6.04. The highest BCUT2D eigenvalue weighted by Crippen LogP contribution is 2.33. The number of halogens is 4. The fourth-order valence-corrected chi connectivity index (χ4v) is 2.25. The molecule has 0 heterocycles. The third-order valence-electron chi connectivity index (χ3n) is 3.53. The molecule has 0 aliphatic rings. The van der Waals surface area contributed by atoms with Crippen LogP contribution < -0.4 is 10.6 Å². The van der Waals surface area contributed by atoms with Crippen LogP contribution >= 0.6 is 0 Å². The van der Waals surface area contributed by atoms with Gasteiger partial charge in [-0.1, -0.05) is 30.3 Å². The van der Waals surface area contributed by atoms with Crippen molar-refractivity contribution in [3.63, 3.8) is 0 Å². The predicted octanol–water partition coefficient (Wildman–Crippen LogP) is 3.49. The van der Waals surface area contributed by atoms with E-state index in [0.717, 1.165) is 12.1 Å². The largest absolute Gasteiger partial charge is 0.463 e.